The molecular formula is C9H21ClCuO3P. The quantitative estimate of drug-likeness (QED) is 0.544. The summed E-state index contributed by atoms with van der Waals surface area (Å²) in [5.74, 6) is 0. The number of hydrogen-bond acceptors (Lipinski definition) is 3. The van der Waals surface area contributed by atoms with E-state index < -0.39 is 8.60 Å². The zero-order chi connectivity index (χ0) is 12.4. The van der Waals surface area contributed by atoms with Gasteiger partial charge in [0.15, 0.2) is 0 Å². The van der Waals surface area contributed by atoms with Gasteiger partial charge in [-0.1, -0.05) is 0 Å². The van der Waals surface area contributed by atoms with Crippen molar-refractivity contribution in [3.63, 3.8) is 0 Å². The minimum absolute atomic E-state index is 0.142. The number of hydrogen-bond donors (Lipinski definition) is 0. The summed E-state index contributed by atoms with van der Waals surface area (Å²) in [5.41, 5.74) is 0. The fraction of sp³-hybridized carbons (Fsp3) is 1.00. The molecule has 0 aliphatic rings. The first-order chi connectivity index (χ1) is 6.91. The second kappa shape index (κ2) is 11.6. The fourth-order valence-corrected chi connectivity index (χ4v) is 1.77. The van der Waals surface area contributed by atoms with Crippen molar-refractivity contribution >= 4 is 18.7 Å². The Morgan fingerprint density at radius 1 is 0.733 bits per heavy atom. The van der Waals surface area contributed by atoms with Crippen LogP contribution in [0.4, 0.5) is 0 Å². The third-order valence-corrected chi connectivity index (χ3v) is 2.67. The fourth-order valence-electron chi connectivity index (χ4n) is 0.591. The van der Waals surface area contributed by atoms with Gasteiger partial charge in [-0.2, -0.15) is 0 Å². The molecule has 0 bridgehead atoms. The van der Waals surface area contributed by atoms with Crippen LogP contribution in [0.15, 0.2) is 0 Å². The molecule has 0 atom stereocenters. The van der Waals surface area contributed by atoms with Crippen LogP contribution in [-0.2, 0) is 28.7 Å². The summed E-state index contributed by atoms with van der Waals surface area (Å²) >= 11 is 3.66. The van der Waals surface area contributed by atoms with Crippen molar-refractivity contribution in [2.75, 3.05) is 0 Å². The van der Waals surface area contributed by atoms with Crippen molar-refractivity contribution in [3.05, 3.63) is 0 Å². The minimum atomic E-state index is -1.18. The van der Waals surface area contributed by atoms with E-state index in [1.165, 1.54) is 0 Å². The molecule has 0 aromatic heterocycles. The third-order valence-electron chi connectivity index (χ3n) is 0.891. The molecule has 0 amide bonds. The Kier molecular flexibility index (Phi) is 14.3. The van der Waals surface area contributed by atoms with Gasteiger partial charge in [0, 0.05) is 0 Å². The summed E-state index contributed by atoms with van der Waals surface area (Å²) in [6.45, 7) is 11.8. The Hall–Kier alpha value is 1.12. The summed E-state index contributed by atoms with van der Waals surface area (Å²) < 4.78 is 16.5. The van der Waals surface area contributed by atoms with Crippen LogP contribution in [0.2, 0.25) is 0 Å². The summed E-state index contributed by atoms with van der Waals surface area (Å²) in [5, 5.41) is 0. The Bertz CT molecular complexity index is 113. The van der Waals surface area contributed by atoms with Gasteiger partial charge in [0.05, 0.1) is 18.3 Å². The number of halogens is 1. The molecule has 0 saturated heterocycles. The summed E-state index contributed by atoms with van der Waals surface area (Å²) in [6.07, 6.45) is 0.427. The molecule has 0 fully saturated rings. The van der Waals surface area contributed by atoms with Crippen LogP contribution in [0.3, 0.4) is 0 Å². The standard InChI is InChI=1S/C9H21O3P.ClH.Cu/c1-7(2)10-13(11-8(3)4)12-9(5)6;;/h7-9H,1-6H3;1H;/q;;+1/p-1. The van der Waals surface area contributed by atoms with Crippen LogP contribution >= 0.6 is 18.7 Å². The average molecular weight is 307 g/mol. The molecule has 0 aliphatic carbocycles. The Labute approximate surface area is 107 Å². The summed E-state index contributed by atoms with van der Waals surface area (Å²) in [6, 6.07) is 0. The van der Waals surface area contributed by atoms with Crippen LogP contribution in [0.1, 0.15) is 41.5 Å². The molecule has 98 valence electrons. The van der Waals surface area contributed by atoms with E-state index in [1.54, 1.807) is 0 Å². The van der Waals surface area contributed by atoms with Crippen LogP contribution in [0, 0.1) is 0 Å². The monoisotopic (exact) mass is 306 g/mol. The molecule has 0 radical (unpaired) electrons. The van der Waals surface area contributed by atoms with E-state index in [1.807, 2.05) is 41.5 Å². The maximum absolute atomic E-state index is 5.49. The van der Waals surface area contributed by atoms with E-state index in [-0.39, 0.29) is 18.3 Å². The van der Waals surface area contributed by atoms with Gasteiger partial charge in [-0.3, -0.25) is 0 Å². The molecule has 0 N–H and O–H groups in total. The molecule has 0 spiro atoms. The van der Waals surface area contributed by atoms with Gasteiger partial charge < -0.3 is 13.6 Å². The Balaban J connectivity index is 0. The first-order valence-corrected chi connectivity index (χ1v) is 7.22. The van der Waals surface area contributed by atoms with Gasteiger partial charge in [-0.15, -0.1) is 0 Å². The van der Waals surface area contributed by atoms with E-state index in [0.29, 0.717) is 0 Å². The number of rotatable bonds is 6. The van der Waals surface area contributed by atoms with Crippen molar-refractivity contribution in [1.82, 2.24) is 0 Å². The molecule has 0 aromatic carbocycles. The second-order valence-electron chi connectivity index (χ2n) is 3.69. The SMILES string of the molecule is CC(C)OP(OC(C)C)OC(C)C.[Cl][Cu]. The molecule has 15 heavy (non-hydrogen) atoms. The van der Waals surface area contributed by atoms with E-state index >= 15 is 0 Å². The second-order valence-corrected chi connectivity index (χ2v) is 4.77. The molecule has 0 unspecified atom stereocenters. The zero-order valence-electron chi connectivity index (χ0n) is 10.1. The van der Waals surface area contributed by atoms with Crippen molar-refractivity contribution in [2.24, 2.45) is 0 Å². The van der Waals surface area contributed by atoms with Gasteiger partial charge in [-0.25, -0.2) is 0 Å². The van der Waals surface area contributed by atoms with E-state index in [9.17, 15) is 0 Å². The van der Waals surface area contributed by atoms with Gasteiger partial charge in [0.2, 0.25) is 0 Å². The third kappa shape index (κ3) is 15.1. The predicted molar refractivity (Wildman–Crippen MR) is 61.4 cm³/mol. The van der Waals surface area contributed by atoms with E-state index in [0.717, 1.165) is 0 Å². The average Bonchev–Trinajstić information content (AvgIpc) is 2.03. The first kappa shape index (κ1) is 18.5. The topological polar surface area (TPSA) is 27.7 Å². The van der Waals surface area contributed by atoms with Crippen molar-refractivity contribution < 1.29 is 28.7 Å². The Morgan fingerprint density at radius 2 is 0.933 bits per heavy atom. The Morgan fingerprint density at radius 3 is 1.07 bits per heavy atom. The molecule has 0 heterocycles. The van der Waals surface area contributed by atoms with Gasteiger partial charge in [0.1, 0.15) is 0 Å². The van der Waals surface area contributed by atoms with Crippen molar-refractivity contribution in [2.45, 2.75) is 59.9 Å². The molecule has 0 aliphatic heterocycles. The normalized spacial score (nSPS) is 11.3. The van der Waals surface area contributed by atoms with Crippen molar-refractivity contribution in [3.8, 4) is 0 Å². The summed E-state index contributed by atoms with van der Waals surface area (Å²) in [7, 11) is 3.02. The predicted octanol–water partition coefficient (Wildman–Crippen LogP) is 4.18. The van der Waals surface area contributed by atoms with Gasteiger partial charge in [0.25, 0.3) is 0 Å². The molecule has 0 rings (SSSR count). The van der Waals surface area contributed by atoms with Crippen LogP contribution < -0.4 is 0 Å². The van der Waals surface area contributed by atoms with Crippen LogP contribution in [0.5, 0.6) is 0 Å². The van der Waals surface area contributed by atoms with Gasteiger partial charge >= 0.3 is 33.8 Å². The van der Waals surface area contributed by atoms with E-state index in [4.69, 9.17) is 13.6 Å². The summed E-state index contributed by atoms with van der Waals surface area (Å²) in [4.78, 5) is 0. The van der Waals surface area contributed by atoms with E-state index in [2.05, 4.69) is 25.2 Å². The first-order valence-electron chi connectivity index (χ1n) is 4.83. The van der Waals surface area contributed by atoms with Crippen LogP contribution in [0.25, 0.3) is 0 Å². The molecule has 3 nitrogen and oxygen atoms in total. The van der Waals surface area contributed by atoms with Crippen LogP contribution in [-0.4, -0.2) is 18.3 Å². The zero-order valence-corrected chi connectivity index (χ0v) is 12.7. The van der Waals surface area contributed by atoms with Gasteiger partial charge in [-0.05, 0) is 41.5 Å². The molecule has 0 aromatic rings. The molecule has 0 saturated carbocycles. The molecular weight excluding hydrogens is 286 g/mol. The maximum atomic E-state index is 5.49. The molecule has 6 heteroatoms. The van der Waals surface area contributed by atoms with Crippen molar-refractivity contribution in [1.29, 1.82) is 0 Å².